The summed E-state index contributed by atoms with van der Waals surface area (Å²) in [5.74, 6) is 0. The molecule has 68 valence electrons. The molecule has 0 fully saturated rings. The van der Waals surface area contributed by atoms with Gasteiger partial charge in [-0.15, -0.1) is 0 Å². The lowest BCUT2D eigenvalue weighted by Crippen LogP contribution is -2.18. The summed E-state index contributed by atoms with van der Waals surface area (Å²) in [6.07, 6.45) is 2.48. The summed E-state index contributed by atoms with van der Waals surface area (Å²) in [4.78, 5) is 9.00. The van der Waals surface area contributed by atoms with Crippen LogP contribution < -0.4 is 16.6 Å². The van der Waals surface area contributed by atoms with Crippen molar-refractivity contribution in [1.82, 2.24) is 0 Å². The fourth-order valence-electron chi connectivity index (χ4n) is 0.475. The molecule has 0 radical (unpaired) electrons. The quantitative estimate of drug-likeness (QED) is 0.559. The zero-order valence-electron chi connectivity index (χ0n) is 7.04. The number of primary amides is 2. The van der Waals surface area contributed by atoms with E-state index in [2.05, 4.69) is 25.3 Å². The van der Waals surface area contributed by atoms with Crippen LogP contribution >= 0.6 is 11.9 Å². The van der Waals surface area contributed by atoms with Crippen LogP contribution in [0, 0.1) is 0 Å². The highest BCUT2D eigenvalue weighted by atomic mass is 32.2. The molecule has 6 N–H and O–H groups in total. The zero-order chi connectivity index (χ0) is 9.28. The maximum atomic E-state index is 9.00. The fraction of sp³-hybridized carbons (Fsp3) is 0.833. The number of nitrogens with two attached hydrogens (primary N) is 3. The second-order valence-electron chi connectivity index (χ2n) is 2.14. The Kier molecular flexibility index (Phi) is 11.5. The molecule has 0 saturated heterocycles. The van der Waals surface area contributed by atoms with Crippen molar-refractivity contribution in [1.29, 1.82) is 0 Å². The van der Waals surface area contributed by atoms with Gasteiger partial charge in [-0.2, -0.15) is 0 Å². The molecule has 0 aromatic carbocycles. The molecule has 2 amide bonds. The molecule has 0 aliphatic rings. The Bertz CT molecular complexity index is 95.8. The lowest BCUT2D eigenvalue weighted by atomic mass is 10.3. The fourth-order valence-corrected chi connectivity index (χ4v) is 0.846. The average Bonchev–Trinajstić information content (AvgIpc) is 1.87. The number of hydrogen-bond donors (Lipinski definition) is 3. The van der Waals surface area contributed by atoms with Gasteiger partial charge in [-0.05, 0) is 6.42 Å². The molecule has 0 spiro atoms. The number of hydrogen-bond acceptors (Lipinski definition) is 3. The molecule has 1 unspecified atom stereocenters. The smallest absolute Gasteiger partial charge is 0.309 e. The van der Waals surface area contributed by atoms with Gasteiger partial charge < -0.3 is 11.5 Å². The molecule has 0 aromatic heterocycles. The van der Waals surface area contributed by atoms with Crippen LogP contribution in [0.4, 0.5) is 4.79 Å². The van der Waals surface area contributed by atoms with Gasteiger partial charge in [0.2, 0.25) is 0 Å². The van der Waals surface area contributed by atoms with Crippen molar-refractivity contribution >= 4 is 18.0 Å². The Labute approximate surface area is 72.0 Å². The monoisotopic (exact) mass is 179 g/mol. The highest BCUT2D eigenvalue weighted by molar-refractivity contribution is 7.97. The van der Waals surface area contributed by atoms with Crippen molar-refractivity contribution in [3.63, 3.8) is 0 Å². The summed E-state index contributed by atoms with van der Waals surface area (Å²) >= 11 is 1.45. The van der Waals surface area contributed by atoms with Crippen molar-refractivity contribution in [2.75, 3.05) is 0 Å². The minimum absolute atomic E-state index is 0.644. The minimum Gasteiger partial charge on any atom is -0.352 e. The van der Waals surface area contributed by atoms with E-state index in [0.29, 0.717) is 5.25 Å². The third-order valence-corrected chi connectivity index (χ3v) is 1.63. The number of urea groups is 1. The maximum Gasteiger partial charge on any atom is 0.309 e. The normalized spacial score (nSPS) is 11.2. The SMILES string of the molecule is CCCC(C)SN.NC(N)=O. The number of carbonyl (C=O) groups excluding carboxylic acids is 1. The van der Waals surface area contributed by atoms with Gasteiger partial charge in [0.15, 0.2) is 0 Å². The van der Waals surface area contributed by atoms with Crippen LogP contribution in [-0.4, -0.2) is 11.3 Å². The molecular weight excluding hydrogens is 162 g/mol. The van der Waals surface area contributed by atoms with Crippen LogP contribution in [0.1, 0.15) is 26.7 Å². The van der Waals surface area contributed by atoms with Gasteiger partial charge in [-0.3, -0.25) is 5.14 Å². The number of carbonyl (C=O) groups is 1. The first kappa shape index (κ1) is 13.2. The third kappa shape index (κ3) is 26.2. The molecule has 11 heavy (non-hydrogen) atoms. The highest BCUT2D eigenvalue weighted by Gasteiger charge is 1.93. The predicted octanol–water partition coefficient (Wildman–Crippen LogP) is 0.806. The molecule has 5 heteroatoms. The number of rotatable bonds is 3. The maximum absolute atomic E-state index is 9.00. The lowest BCUT2D eigenvalue weighted by molar-refractivity contribution is 0.256. The van der Waals surface area contributed by atoms with E-state index in [9.17, 15) is 0 Å². The second-order valence-corrected chi connectivity index (χ2v) is 3.21. The van der Waals surface area contributed by atoms with E-state index < -0.39 is 6.03 Å². The summed E-state index contributed by atoms with van der Waals surface area (Å²) < 4.78 is 0. The van der Waals surface area contributed by atoms with Gasteiger partial charge >= 0.3 is 6.03 Å². The van der Waals surface area contributed by atoms with Crippen molar-refractivity contribution < 1.29 is 4.79 Å². The first-order chi connectivity index (χ1) is 5.04. The summed E-state index contributed by atoms with van der Waals surface area (Å²) in [5, 5.41) is 5.92. The van der Waals surface area contributed by atoms with E-state index in [0.717, 1.165) is 0 Å². The Morgan fingerprint density at radius 2 is 1.91 bits per heavy atom. The van der Waals surface area contributed by atoms with Gasteiger partial charge in [0.25, 0.3) is 0 Å². The molecule has 0 aliphatic carbocycles. The van der Waals surface area contributed by atoms with Gasteiger partial charge in [-0.25, -0.2) is 4.79 Å². The van der Waals surface area contributed by atoms with Crippen LogP contribution in [0.2, 0.25) is 0 Å². The topological polar surface area (TPSA) is 95.1 Å². The van der Waals surface area contributed by atoms with Gasteiger partial charge in [0, 0.05) is 5.25 Å². The van der Waals surface area contributed by atoms with Crippen molar-refractivity contribution in [2.45, 2.75) is 31.9 Å². The van der Waals surface area contributed by atoms with Crippen LogP contribution in [-0.2, 0) is 0 Å². The van der Waals surface area contributed by atoms with Crippen molar-refractivity contribution in [3.05, 3.63) is 0 Å². The van der Waals surface area contributed by atoms with E-state index in [1.165, 1.54) is 24.8 Å². The van der Waals surface area contributed by atoms with E-state index in [4.69, 9.17) is 9.93 Å². The predicted molar refractivity (Wildman–Crippen MR) is 49.9 cm³/mol. The molecule has 0 aliphatic heterocycles. The second kappa shape index (κ2) is 9.58. The zero-order valence-corrected chi connectivity index (χ0v) is 7.86. The van der Waals surface area contributed by atoms with Crippen LogP contribution in [0.5, 0.6) is 0 Å². The molecule has 1 atom stereocenters. The first-order valence-electron chi connectivity index (χ1n) is 3.45. The first-order valence-corrected chi connectivity index (χ1v) is 4.39. The summed E-state index contributed by atoms with van der Waals surface area (Å²) in [6.45, 7) is 4.32. The van der Waals surface area contributed by atoms with Crippen molar-refractivity contribution in [3.8, 4) is 0 Å². The molecule has 0 bridgehead atoms. The largest absolute Gasteiger partial charge is 0.352 e. The Balaban J connectivity index is 0. The van der Waals surface area contributed by atoms with E-state index in [-0.39, 0.29) is 0 Å². The molecule has 0 heterocycles. The Morgan fingerprint density at radius 1 is 1.55 bits per heavy atom. The molecule has 4 nitrogen and oxygen atoms in total. The number of amides is 2. The van der Waals surface area contributed by atoms with E-state index in [1.54, 1.807) is 0 Å². The Morgan fingerprint density at radius 3 is 2.00 bits per heavy atom. The third-order valence-electron chi connectivity index (χ3n) is 0.928. The van der Waals surface area contributed by atoms with E-state index in [1.807, 2.05) is 0 Å². The summed E-state index contributed by atoms with van der Waals surface area (Å²) in [5.41, 5.74) is 8.50. The Hall–Kier alpha value is -0.420. The molecule has 0 aromatic rings. The highest BCUT2D eigenvalue weighted by Crippen LogP contribution is 2.07. The van der Waals surface area contributed by atoms with Crippen molar-refractivity contribution in [2.24, 2.45) is 16.6 Å². The molecule has 0 rings (SSSR count). The summed E-state index contributed by atoms with van der Waals surface area (Å²) in [7, 11) is 0. The molecule has 0 saturated carbocycles. The van der Waals surface area contributed by atoms with Crippen LogP contribution in [0.15, 0.2) is 0 Å². The molecular formula is C6H17N3OS. The van der Waals surface area contributed by atoms with Gasteiger partial charge in [-0.1, -0.05) is 32.2 Å². The average molecular weight is 179 g/mol. The van der Waals surface area contributed by atoms with Crippen LogP contribution in [0.25, 0.3) is 0 Å². The van der Waals surface area contributed by atoms with Crippen LogP contribution in [0.3, 0.4) is 0 Å². The van der Waals surface area contributed by atoms with Gasteiger partial charge in [0.05, 0.1) is 0 Å². The standard InChI is InChI=1S/C5H13NS.CH4N2O/c1-3-4-5(2)7-6;2-1(3)4/h5H,3-4,6H2,1-2H3;(H4,2,3,4). The van der Waals surface area contributed by atoms with Gasteiger partial charge in [0.1, 0.15) is 0 Å². The minimum atomic E-state index is -0.833. The lowest BCUT2D eigenvalue weighted by Gasteiger charge is -2.01. The summed E-state index contributed by atoms with van der Waals surface area (Å²) in [6, 6.07) is -0.833. The van der Waals surface area contributed by atoms with E-state index >= 15 is 0 Å².